The van der Waals surface area contributed by atoms with Crippen molar-refractivity contribution in [2.75, 3.05) is 13.2 Å². The van der Waals surface area contributed by atoms with Crippen LogP contribution in [0.3, 0.4) is 0 Å². The molecule has 1 N–H and O–H groups in total. The van der Waals surface area contributed by atoms with Crippen molar-refractivity contribution < 1.29 is 37.1 Å². The van der Waals surface area contributed by atoms with E-state index >= 15 is 0 Å². The molecular formula is C19H13F3N2O5. The van der Waals surface area contributed by atoms with Crippen molar-refractivity contribution >= 4 is 23.8 Å². The fourth-order valence-electron chi connectivity index (χ4n) is 2.68. The Morgan fingerprint density at radius 1 is 0.931 bits per heavy atom. The van der Waals surface area contributed by atoms with E-state index in [1.54, 1.807) is 12.1 Å². The topological polar surface area (TPSA) is 92.8 Å². The molecule has 1 heterocycles. The molecule has 0 spiro atoms. The molecule has 0 saturated heterocycles. The van der Waals surface area contributed by atoms with Gasteiger partial charge in [-0.2, -0.15) is 13.2 Å². The van der Waals surface area contributed by atoms with E-state index in [-0.39, 0.29) is 29.8 Å². The third-order valence-corrected chi connectivity index (χ3v) is 4.12. The number of rotatable bonds is 4. The molecule has 0 saturated carbocycles. The molecule has 0 bridgehead atoms. The Morgan fingerprint density at radius 3 is 2.00 bits per heavy atom. The molecule has 7 nitrogen and oxygen atoms in total. The summed E-state index contributed by atoms with van der Waals surface area (Å²) in [7, 11) is 0. The van der Waals surface area contributed by atoms with E-state index in [1.807, 2.05) is 5.32 Å². The van der Waals surface area contributed by atoms with Crippen LogP contribution in [0, 0.1) is 0 Å². The van der Waals surface area contributed by atoms with Gasteiger partial charge in [0.15, 0.2) is 0 Å². The zero-order valence-corrected chi connectivity index (χ0v) is 14.7. The molecule has 4 amide bonds. The number of nitrogens with one attached hydrogen (secondary N) is 1. The number of ether oxygens (including phenoxy) is 1. The molecule has 29 heavy (non-hydrogen) atoms. The predicted molar refractivity (Wildman–Crippen MR) is 92.1 cm³/mol. The van der Waals surface area contributed by atoms with Crippen LogP contribution in [-0.2, 0) is 10.9 Å². The number of hydrogen-bond acceptors (Lipinski definition) is 5. The van der Waals surface area contributed by atoms with Crippen LogP contribution in [-0.4, -0.2) is 41.9 Å². The van der Waals surface area contributed by atoms with Crippen molar-refractivity contribution in [1.29, 1.82) is 0 Å². The van der Waals surface area contributed by atoms with E-state index in [4.69, 9.17) is 4.74 Å². The molecule has 3 rings (SSSR count). The van der Waals surface area contributed by atoms with Crippen molar-refractivity contribution in [2.45, 2.75) is 6.18 Å². The maximum atomic E-state index is 12.5. The molecular weight excluding hydrogens is 393 g/mol. The second kappa shape index (κ2) is 7.74. The van der Waals surface area contributed by atoms with Crippen molar-refractivity contribution in [3.05, 3.63) is 70.8 Å². The summed E-state index contributed by atoms with van der Waals surface area (Å²) in [6.07, 6.45) is -5.70. The normalized spacial score (nSPS) is 13.3. The SMILES string of the molecule is O=C(NC(=O)c1ccc(C(F)(F)F)cc1)OCCN1C(=O)c2ccccc2C1=O. The summed E-state index contributed by atoms with van der Waals surface area (Å²) < 4.78 is 42.3. The molecule has 150 valence electrons. The van der Waals surface area contributed by atoms with Gasteiger partial charge in [-0.1, -0.05) is 12.1 Å². The number of alkyl carbamates (subject to hydrolysis) is 1. The smallest absolute Gasteiger partial charge is 0.416 e. The van der Waals surface area contributed by atoms with E-state index in [2.05, 4.69) is 0 Å². The van der Waals surface area contributed by atoms with Crippen LogP contribution in [0.1, 0.15) is 36.6 Å². The van der Waals surface area contributed by atoms with E-state index < -0.39 is 35.6 Å². The van der Waals surface area contributed by atoms with Gasteiger partial charge < -0.3 is 4.74 Å². The largest absolute Gasteiger partial charge is 0.447 e. The highest BCUT2D eigenvalue weighted by molar-refractivity contribution is 6.21. The number of alkyl halides is 3. The molecule has 0 aromatic heterocycles. The lowest BCUT2D eigenvalue weighted by atomic mass is 10.1. The van der Waals surface area contributed by atoms with Crippen molar-refractivity contribution in [1.82, 2.24) is 10.2 Å². The average Bonchev–Trinajstić information content (AvgIpc) is 2.92. The van der Waals surface area contributed by atoms with Gasteiger partial charge in [0.2, 0.25) is 0 Å². The molecule has 1 aliphatic heterocycles. The lowest BCUT2D eigenvalue weighted by molar-refractivity contribution is -0.137. The quantitative estimate of drug-likeness (QED) is 0.789. The summed E-state index contributed by atoms with van der Waals surface area (Å²) in [5.41, 5.74) is -0.605. The van der Waals surface area contributed by atoms with Gasteiger partial charge in [0.05, 0.1) is 23.2 Å². The van der Waals surface area contributed by atoms with E-state index in [9.17, 15) is 32.3 Å². The zero-order chi connectivity index (χ0) is 21.2. The van der Waals surface area contributed by atoms with Crippen LogP contribution >= 0.6 is 0 Å². The van der Waals surface area contributed by atoms with Crippen LogP contribution < -0.4 is 5.32 Å². The summed E-state index contributed by atoms with van der Waals surface area (Å²) in [5.74, 6) is -1.99. The molecule has 0 aliphatic carbocycles. The van der Waals surface area contributed by atoms with Gasteiger partial charge in [-0.3, -0.25) is 24.6 Å². The second-order valence-electron chi connectivity index (χ2n) is 5.97. The molecule has 10 heteroatoms. The highest BCUT2D eigenvalue weighted by Crippen LogP contribution is 2.29. The first-order valence-electron chi connectivity index (χ1n) is 8.29. The third-order valence-electron chi connectivity index (χ3n) is 4.12. The Kier molecular flexibility index (Phi) is 5.35. The van der Waals surface area contributed by atoms with Crippen LogP contribution in [0.15, 0.2) is 48.5 Å². The number of imide groups is 2. The summed E-state index contributed by atoms with van der Waals surface area (Å²) in [6, 6.07) is 9.51. The lowest BCUT2D eigenvalue weighted by Gasteiger charge is -2.14. The van der Waals surface area contributed by atoms with Crippen LogP contribution in [0.25, 0.3) is 0 Å². The highest BCUT2D eigenvalue weighted by Gasteiger charge is 2.35. The monoisotopic (exact) mass is 406 g/mol. The molecule has 0 atom stereocenters. The fourth-order valence-corrected chi connectivity index (χ4v) is 2.68. The minimum atomic E-state index is -4.54. The van der Waals surface area contributed by atoms with Gasteiger partial charge in [-0.25, -0.2) is 4.79 Å². The first-order valence-corrected chi connectivity index (χ1v) is 8.29. The number of carbonyl (C=O) groups is 4. The minimum Gasteiger partial charge on any atom is -0.447 e. The number of nitrogens with zero attached hydrogens (tertiary/aromatic N) is 1. The Hall–Kier alpha value is -3.69. The molecule has 1 aliphatic rings. The van der Waals surface area contributed by atoms with Gasteiger partial charge in [0.25, 0.3) is 17.7 Å². The molecule has 2 aromatic carbocycles. The fraction of sp³-hybridized carbons (Fsp3) is 0.158. The van der Waals surface area contributed by atoms with Crippen LogP contribution in [0.2, 0.25) is 0 Å². The Labute approximate surface area is 162 Å². The summed E-state index contributed by atoms with van der Waals surface area (Å²) in [6.45, 7) is -0.578. The maximum Gasteiger partial charge on any atom is 0.416 e. The Balaban J connectivity index is 1.50. The third kappa shape index (κ3) is 4.26. The lowest BCUT2D eigenvalue weighted by Crippen LogP contribution is -2.36. The summed E-state index contributed by atoms with van der Waals surface area (Å²) in [5, 5.41) is 1.85. The first-order chi connectivity index (χ1) is 13.7. The van der Waals surface area contributed by atoms with Gasteiger partial charge in [0, 0.05) is 5.56 Å². The Bertz CT molecular complexity index is 951. The zero-order valence-electron chi connectivity index (χ0n) is 14.7. The van der Waals surface area contributed by atoms with E-state index in [0.717, 1.165) is 17.0 Å². The van der Waals surface area contributed by atoms with Gasteiger partial charge in [-0.15, -0.1) is 0 Å². The van der Waals surface area contributed by atoms with Crippen molar-refractivity contribution in [3.8, 4) is 0 Å². The Morgan fingerprint density at radius 2 is 1.48 bits per heavy atom. The van der Waals surface area contributed by atoms with Crippen LogP contribution in [0.5, 0.6) is 0 Å². The number of fused-ring (bicyclic) bond motifs is 1. The highest BCUT2D eigenvalue weighted by atomic mass is 19.4. The van der Waals surface area contributed by atoms with E-state index in [0.29, 0.717) is 12.1 Å². The molecule has 0 radical (unpaired) electrons. The molecule has 0 unspecified atom stereocenters. The minimum absolute atomic E-state index is 0.171. The number of hydrogen-bond donors (Lipinski definition) is 1. The number of carbonyl (C=O) groups excluding carboxylic acids is 4. The van der Waals surface area contributed by atoms with Crippen LogP contribution in [0.4, 0.5) is 18.0 Å². The number of amides is 4. The predicted octanol–water partition coefficient (Wildman–Crippen LogP) is 2.87. The number of halogens is 3. The maximum absolute atomic E-state index is 12.5. The molecule has 2 aromatic rings. The van der Waals surface area contributed by atoms with Crippen molar-refractivity contribution in [3.63, 3.8) is 0 Å². The van der Waals surface area contributed by atoms with Gasteiger partial charge >= 0.3 is 12.3 Å². The first kappa shape index (κ1) is 20.1. The average molecular weight is 406 g/mol. The number of benzene rings is 2. The summed E-state index contributed by atoms with van der Waals surface area (Å²) >= 11 is 0. The summed E-state index contributed by atoms with van der Waals surface area (Å²) in [4.78, 5) is 48.8. The van der Waals surface area contributed by atoms with Gasteiger partial charge in [-0.05, 0) is 36.4 Å². The standard InChI is InChI=1S/C19H13F3N2O5/c20-19(21,22)12-7-5-11(6-8-12)15(25)23-18(28)29-10-9-24-16(26)13-3-1-2-4-14(13)17(24)27/h1-8H,9-10H2,(H,23,25,28). The van der Waals surface area contributed by atoms with Crippen molar-refractivity contribution in [2.24, 2.45) is 0 Å². The van der Waals surface area contributed by atoms with Gasteiger partial charge in [0.1, 0.15) is 6.61 Å². The van der Waals surface area contributed by atoms with E-state index in [1.165, 1.54) is 12.1 Å². The molecule has 0 fully saturated rings. The second-order valence-corrected chi connectivity index (χ2v) is 5.97.